The minimum atomic E-state index is -0.423. The maximum absolute atomic E-state index is 11.7. The summed E-state index contributed by atoms with van der Waals surface area (Å²) in [5.41, 5.74) is 4.05. The summed E-state index contributed by atoms with van der Waals surface area (Å²) in [5, 5.41) is 0. The van der Waals surface area contributed by atoms with E-state index < -0.39 is 5.60 Å². The average Bonchev–Trinajstić information content (AvgIpc) is 2.57. The van der Waals surface area contributed by atoms with Crippen molar-refractivity contribution >= 4 is 11.7 Å². The molecule has 3 nitrogen and oxygen atoms in total. The molecule has 0 atom stereocenters. The van der Waals surface area contributed by atoms with E-state index in [-0.39, 0.29) is 5.97 Å². The van der Waals surface area contributed by atoms with Crippen LogP contribution in [0, 0.1) is 0 Å². The third-order valence-corrected chi connectivity index (χ3v) is 2.81. The summed E-state index contributed by atoms with van der Waals surface area (Å²) >= 11 is 0. The van der Waals surface area contributed by atoms with E-state index in [0.29, 0.717) is 6.42 Å². The van der Waals surface area contributed by atoms with Crippen LogP contribution in [0.2, 0.25) is 0 Å². The first kappa shape index (κ1) is 12.8. The van der Waals surface area contributed by atoms with Gasteiger partial charge in [-0.05, 0) is 38.8 Å². The number of nitrogens with zero attached hydrogens (tertiary/aromatic N) is 1. The molecule has 1 aliphatic heterocycles. The summed E-state index contributed by atoms with van der Waals surface area (Å²) < 4.78 is 5.31. The maximum Gasteiger partial charge on any atom is 0.310 e. The van der Waals surface area contributed by atoms with Crippen molar-refractivity contribution in [1.82, 2.24) is 0 Å². The van der Waals surface area contributed by atoms with Gasteiger partial charge in [0.15, 0.2) is 0 Å². The molecular formula is C15H19NO2. The van der Waals surface area contributed by atoms with Gasteiger partial charge in [0.2, 0.25) is 0 Å². The molecule has 0 saturated heterocycles. The minimum absolute atomic E-state index is 0.182. The van der Waals surface area contributed by atoms with Crippen LogP contribution in [0.3, 0.4) is 0 Å². The third-order valence-electron chi connectivity index (χ3n) is 2.81. The zero-order chi connectivity index (χ0) is 13.3. The Morgan fingerprint density at radius 3 is 2.78 bits per heavy atom. The molecule has 0 N–H and O–H groups in total. The van der Waals surface area contributed by atoms with Crippen molar-refractivity contribution in [2.45, 2.75) is 46.3 Å². The topological polar surface area (TPSA) is 38.7 Å². The normalized spacial score (nSPS) is 14.1. The lowest BCUT2D eigenvalue weighted by molar-refractivity contribution is -0.153. The highest BCUT2D eigenvalue weighted by Crippen LogP contribution is 2.21. The Morgan fingerprint density at radius 1 is 1.39 bits per heavy atom. The summed E-state index contributed by atoms with van der Waals surface area (Å²) in [7, 11) is 0. The maximum atomic E-state index is 11.7. The molecule has 3 heteroatoms. The van der Waals surface area contributed by atoms with Crippen LogP contribution < -0.4 is 0 Å². The number of benzene rings is 1. The van der Waals surface area contributed by atoms with Crippen LogP contribution in [-0.2, 0) is 22.5 Å². The first-order valence-corrected chi connectivity index (χ1v) is 6.20. The van der Waals surface area contributed by atoms with Gasteiger partial charge in [-0.3, -0.25) is 9.79 Å². The lowest BCUT2D eigenvalue weighted by atomic mass is 10.0. The second-order valence-electron chi connectivity index (χ2n) is 5.66. The third kappa shape index (κ3) is 2.97. The fourth-order valence-corrected chi connectivity index (χ4v) is 2.07. The number of carbonyl (C=O) groups excluding carboxylic acids is 1. The molecule has 0 radical (unpaired) electrons. The van der Waals surface area contributed by atoms with Crippen LogP contribution in [0.5, 0.6) is 0 Å². The van der Waals surface area contributed by atoms with Crippen molar-refractivity contribution in [2.75, 3.05) is 0 Å². The second-order valence-corrected chi connectivity index (χ2v) is 5.66. The molecular weight excluding hydrogens is 226 g/mol. The van der Waals surface area contributed by atoms with Gasteiger partial charge in [0, 0.05) is 11.3 Å². The van der Waals surface area contributed by atoms with Crippen molar-refractivity contribution in [3.05, 3.63) is 34.9 Å². The number of rotatable bonds is 2. The van der Waals surface area contributed by atoms with Gasteiger partial charge in [0.1, 0.15) is 5.60 Å². The molecule has 0 aromatic heterocycles. The lowest BCUT2D eigenvalue weighted by Gasteiger charge is -2.19. The van der Waals surface area contributed by atoms with E-state index >= 15 is 0 Å². The quantitative estimate of drug-likeness (QED) is 0.751. The predicted molar refractivity (Wildman–Crippen MR) is 71.9 cm³/mol. The monoisotopic (exact) mass is 245 g/mol. The zero-order valence-electron chi connectivity index (χ0n) is 11.4. The number of fused-ring (bicyclic) bond motifs is 1. The molecule has 18 heavy (non-hydrogen) atoms. The lowest BCUT2D eigenvalue weighted by Crippen LogP contribution is -2.24. The van der Waals surface area contributed by atoms with Gasteiger partial charge in [0.05, 0.1) is 13.0 Å². The molecule has 1 heterocycles. The molecule has 0 aliphatic carbocycles. The summed E-state index contributed by atoms with van der Waals surface area (Å²) in [5.74, 6) is -0.182. The van der Waals surface area contributed by atoms with Crippen molar-refractivity contribution in [1.29, 1.82) is 0 Å². The van der Waals surface area contributed by atoms with E-state index in [9.17, 15) is 4.79 Å². The average molecular weight is 245 g/mol. The largest absolute Gasteiger partial charge is 0.460 e. The molecule has 1 aromatic rings. The van der Waals surface area contributed by atoms with Gasteiger partial charge in [0.25, 0.3) is 0 Å². The molecule has 0 saturated carbocycles. The van der Waals surface area contributed by atoms with E-state index in [1.165, 1.54) is 11.1 Å². The van der Waals surface area contributed by atoms with Crippen LogP contribution >= 0.6 is 0 Å². The van der Waals surface area contributed by atoms with Gasteiger partial charge in [-0.25, -0.2) is 0 Å². The first-order valence-electron chi connectivity index (χ1n) is 6.20. The molecule has 2 rings (SSSR count). The van der Waals surface area contributed by atoms with E-state index in [1.54, 1.807) is 0 Å². The predicted octanol–water partition coefficient (Wildman–Crippen LogP) is 2.89. The van der Waals surface area contributed by atoms with Crippen molar-refractivity contribution in [3.63, 3.8) is 0 Å². The van der Waals surface area contributed by atoms with E-state index in [2.05, 4.69) is 11.1 Å². The molecule has 0 amide bonds. The number of carbonyl (C=O) groups is 1. The standard InChI is InChI=1S/C15H19NO2/c1-10-13-6-5-11(7-12(13)9-16-10)8-14(17)18-15(2,3)4/h5-7H,8-9H2,1-4H3. The van der Waals surface area contributed by atoms with Gasteiger partial charge in [-0.2, -0.15) is 0 Å². The minimum Gasteiger partial charge on any atom is -0.460 e. The molecule has 1 aliphatic rings. The van der Waals surface area contributed by atoms with Gasteiger partial charge in [-0.15, -0.1) is 0 Å². The van der Waals surface area contributed by atoms with Gasteiger partial charge < -0.3 is 4.74 Å². The molecule has 0 bridgehead atoms. The zero-order valence-corrected chi connectivity index (χ0v) is 11.4. The van der Waals surface area contributed by atoms with Crippen LogP contribution in [0.4, 0.5) is 0 Å². The Morgan fingerprint density at radius 2 is 2.11 bits per heavy atom. The van der Waals surface area contributed by atoms with Crippen molar-refractivity contribution in [2.24, 2.45) is 4.99 Å². The highest BCUT2D eigenvalue weighted by molar-refractivity contribution is 6.02. The highest BCUT2D eigenvalue weighted by atomic mass is 16.6. The van der Waals surface area contributed by atoms with Gasteiger partial charge in [-0.1, -0.05) is 18.2 Å². The number of ether oxygens (including phenoxy) is 1. The fraction of sp³-hybridized carbons (Fsp3) is 0.467. The number of aliphatic imine (C=N–C) groups is 1. The highest BCUT2D eigenvalue weighted by Gasteiger charge is 2.18. The Hall–Kier alpha value is -1.64. The second kappa shape index (κ2) is 4.56. The Bertz CT molecular complexity index is 510. The number of hydrogen-bond acceptors (Lipinski definition) is 3. The van der Waals surface area contributed by atoms with E-state index in [1.807, 2.05) is 39.8 Å². The van der Waals surface area contributed by atoms with Crippen molar-refractivity contribution in [3.8, 4) is 0 Å². The summed E-state index contributed by atoms with van der Waals surface area (Å²) in [6.07, 6.45) is 0.323. The van der Waals surface area contributed by atoms with Crippen LogP contribution in [-0.4, -0.2) is 17.3 Å². The van der Waals surface area contributed by atoms with Crippen LogP contribution in [0.1, 0.15) is 44.4 Å². The van der Waals surface area contributed by atoms with Crippen LogP contribution in [0.15, 0.2) is 23.2 Å². The molecule has 96 valence electrons. The first-order chi connectivity index (χ1) is 8.35. The smallest absolute Gasteiger partial charge is 0.310 e. The Kier molecular flexibility index (Phi) is 3.24. The van der Waals surface area contributed by atoms with Gasteiger partial charge >= 0.3 is 5.97 Å². The Labute approximate surface area is 108 Å². The molecule has 0 unspecified atom stereocenters. The summed E-state index contributed by atoms with van der Waals surface area (Å²) in [6, 6.07) is 6.08. The summed E-state index contributed by atoms with van der Waals surface area (Å²) in [4.78, 5) is 16.1. The van der Waals surface area contributed by atoms with E-state index in [0.717, 1.165) is 17.8 Å². The Balaban J connectivity index is 2.06. The van der Waals surface area contributed by atoms with E-state index in [4.69, 9.17) is 4.74 Å². The van der Waals surface area contributed by atoms with Crippen LogP contribution in [0.25, 0.3) is 0 Å². The number of hydrogen-bond donors (Lipinski definition) is 0. The van der Waals surface area contributed by atoms with Crippen molar-refractivity contribution < 1.29 is 9.53 Å². The fourth-order valence-electron chi connectivity index (χ4n) is 2.07. The number of esters is 1. The SMILES string of the molecule is CC1=NCc2cc(CC(=O)OC(C)(C)C)ccc21. The molecule has 1 aromatic carbocycles. The molecule has 0 fully saturated rings. The molecule has 0 spiro atoms. The summed E-state index contributed by atoms with van der Waals surface area (Å²) in [6.45, 7) is 8.38.